The van der Waals surface area contributed by atoms with Crippen LogP contribution in [0.3, 0.4) is 0 Å². The standard InChI is InChI=1S/C16H17N5O3/c22-15(24-10-8-18-14-5-6-17-11-20-14)12-1-3-13(4-2-12)21-9-7-19-16(21)23/h1-6,11H,7-10H2,(H,19,23)(H,17,18,20). The van der Waals surface area contributed by atoms with E-state index in [9.17, 15) is 9.59 Å². The van der Waals surface area contributed by atoms with Crippen molar-refractivity contribution in [2.24, 2.45) is 0 Å². The number of rotatable bonds is 6. The van der Waals surface area contributed by atoms with Gasteiger partial charge in [0.05, 0.1) is 12.1 Å². The van der Waals surface area contributed by atoms with Crippen LogP contribution in [0.1, 0.15) is 10.4 Å². The summed E-state index contributed by atoms with van der Waals surface area (Å²) >= 11 is 0. The van der Waals surface area contributed by atoms with E-state index >= 15 is 0 Å². The van der Waals surface area contributed by atoms with Crippen molar-refractivity contribution in [2.75, 3.05) is 36.5 Å². The Hall–Kier alpha value is -3.16. The summed E-state index contributed by atoms with van der Waals surface area (Å²) in [6.45, 7) is 1.92. The van der Waals surface area contributed by atoms with Crippen LogP contribution in [-0.4, -0.2) is 48.2 Å². The molecular weight excluding hydrogens is 310 g/mol. The highest BCUT2D eigenvalue weighted by Gasteiger charge is 2.21. The maximum absolute atomic E-state index is 12.0. The number of urea groups is 1. The number of amides is 2. The summed E-state index contributed by atoms with van der Waals surface area (Å²) in [6, 6.07) is 8.39. The SMILES string of the molecule is O=C(OCCNc1ccncn1)c1ccc(N2CCNC2=O)cc1. The van der Waals surface area contributed by atoms with Gasteiger partial charge in [-0.15, -0.1) is 0 Å². The maximum Gasteiger partial charge on any atom is 0.338 e. The fraction of sp³-hybridized carbons (Fsp3) is 0.250. The predicted octanol–water partition coefficient (Wildman–Crippen LogP) is 1.28. The second-order valence-corrected chi connectivity index (χ2v) is 5.09. The molecule has 2 heterocycles. The molecular formula is C16H17N5O3. The molecule has 1 aliphatic heterocycles. The molecule has 0 radical (unpaired) electrons. The van der Waals surface area contributed by atoms with E-state index in [2.05, 4.69) is 20.6 Å². The highest BCUT2D eigenvalue weighted by molar-refractivity contribution is 5.95. The number of esters is 1. The predicted molar refractivity (Wildman–Crippen MR) is 88.0 cm³/mol. The van der Waals surface area contributed by atoms with Crippen molar-refractivity contribution in [2.45, 2.75) is 0 Å². The van der Waals surface area contributed by atoms with Crippen molar-refractivity contribution in [3.05, 3.63) is 48.4 Å². The van der Waals surface area contributed by atoms with Crippen LogP contribution in [0.15, 0.2) is 42.9 Å². The molecule has 1 aromatic heterocycles. The Kier molecular flexibility index (Phi) is 4.85. The van der Waals surface area contributed by atoms with Gasteiger partial charge in [0.15, 0.2) is 0 Å². The normalized spacial score (nSPS) is 13.5. The Morgan fingerprint density at radius 3 is 2.79 bits per heavy atom. The summed E-state index contributed by atoms with van der Waals surface area (Å²) in [5.74, 6) is 0.270. The van der Waals surface area contributed by atoms with Gasteiger partial charge in [0, 0.05) is 25.0 Å². The van der Waals surface area contributed by atoms with Gasteiger partial charge >= 0.3 is 12.0 Å². The molecule has 2 N–H and O–H groups in total. The Morgan fingerprint density at radius 2 is 2.12 bits per heavy atom. The van der Waals surface area contributed by atoms with Gasteiger partial charge in [0.25, 0.3) is 0 Å². The van der Waals surface area contributed by atoms with Crippen LogP contribution in [0.4, 0.5) is 16.3 Å². The number of nitrogens with one attached hydrogen (secondary N) is 2. The van der Waals surface area contributed by atoms with Crippen LogP contribution < -0.4 is 15.5 Å². The van der Waals surface area contributed by atoms with E-state index in [0.717, 1.165) is 5.69 Å². The Morgan fingerprint density at radius 1 is 1.29 bits per heavy atom. The minimum atomic E-state index is -0.406. The van der Waals surface area contributed by atoms with Crippen molar-refractivity contribution in [3.8, 4) is 0 Å². The monoisotopic (exact) mass is 327 g/mol. The van der Waals surface area contributed by atoms with E-state index in [1.54, 1.807) is 41.4 Å². The number of ether oxygens (including phenoxy) is 1. The van der Waals surface area contributed by atoms with Crippen LogP contribution in [0.5, 0.6) is 0 Å². The molecule has 8 heteroatoms. The van der Waals surface area contributed by atoms with Crippen molar-refractivity contribution < 1.29 is 14.3 Å². The number of hydrogen-bond donors (Lipinski definition) is 2. The van der Waals surface area contributed by atoms with E-state index in [-0.39, 0.29) is 12.6 Å². The third-order valence-corrected chi connectivity index (χ3v) is 3.49. The summed E-state index contributed by atoms with van der Waals surface area (Å²) in [4.78, 5) is 33.0. The molecule has 1 fully saturated rings. The first-order valence-corrected chi connectivity index (χ1v) is 7.56. The molecule has 1 aromatic carbocycles. The first-order chi connectivity index (χ1) is 11.7. The molecule has 0 atom stereocenters. The second-order valence-electron chi connectivity index (χ2n) is 5.09. The van der Waals surface area contributed by atoms with Crippen molar-refractivity contribution in [1.29, 1.82) is 0 Å². The molecule has 1 aliphatic rings. The van der Waals surface area contributed by atoms with Gasteiger partial charge in [-0.1, -0.05) is 0 Å². The number of hydrogen-bond acceptors (Lipinski definition) is 6. The zero-order valence-electron chi connectivity index (χ0n) is 12.9. The molecule has 0 aliphatic carbocycles. The maximum atomic E-state index is 12.0. The molecule has 8 nitrogen and oxygen atoms in total. The van der Waals surface area contributed by atoms with Crippen LogP contribution >= 0.6 is 0 Å². The molecule has 2 amide bonds. The molecule has 24 heavy (non-hydrogen) atoms. The topological polar surface area (TPSA) is 96.4 Å². The van der Waals surface area contributed by atoms with Crippen LogP contribution in [-0.2, 0) is 4.74 Å². The number of carbonyl (C=O) groups excluding carboxylic acids is 2. The van der Waals surface area contributed by atoms with E-state index in [4.69, 9.17) is 4.74 Å². The minimum Gasteiger partial charge on any atom is -0.460 e. The largest absolute Gasteiger partial charge is 0.460 e. The molecule has 1 saturated heterocycles. The lowest BCUT2D eigenvalue weighted by atomic mass is 10.2. The third-order valence-electron chi connectivity index (χ3n) is 3.49. The average Bonchev–Trinajstić information content (AvgIpc) is 3.05. The lowest BCUT2D eigenvalue weighted by molar-refractivity contribution is 0.0520. The number of nitrogens with zero attached hydrogens (tertiary/aromatic N) is 3. The van der Waals surface area contributed by atoms with Gasteiger partial charge in [-0.2, -0.15) is 0 Å². The lowest BCUT2D eigenvalue weighted by Gasteiger charge is -2.14. The highest BCUT2D eigenvalue weighted by atomic mass is 16.5. The Balaban J connectivity index is 1.47. The quantitative estimate of drug-likeness (QED) is 0.613. The summed E-state index contributed by atoms with van der Waals surface area (Å²) in [6.07, 6.45) is 3.07. The second kappa shape index (κ2) is 7.40. The highest BCUT2D eigenvalue weighted by Crippen LogP contribution is 2.17. The van der Waals surface area contributed by atoms with Gasteiger partial charge in [0.2, 0.25) is 0 Å². The van der Waals surface area contributed by atoms with Crippen molar-refractivity contribution >= 4 is 23.5 Å². The molecule has 0 unspecified atom stereocenters. The third kappa shape index (κ3) is 3.78. The van der Waals surface area contributed by atoms with Crippen LogP contribution in [0, 0.1) is 0 Å². The summed E-state index contributed by atoms with van der Waals surface area (Å²) < 4.78 is 5.20. The first-order valence-electron chi connectivity index (χ1n) is 7.56. The molecule has 2 aromatic rings. The Labute approximate surface area is 138 Å². The van der Waals surface area contributed by atoms with Crippen LogP contribution in [0.25, 0.3) is 0 Å². The average molecular weight is 327 g/mol. The number of anilines is 2. The van der Waals surface area contributed by atoms with Gasteiger partial charge in [0.1, 0.15) is 18.8 Å². The number of carbonyl (C=O) groups is 2. The van der Waals surface area contributed by atoms with Crippen LogP contribution in [0.2, 0.25) is 0 Å². The summed E-state index contributed by atoms with van der Waals surface area (Å²) in [5.41, 5.74) is 1.20. The molecule has 0 saturated carbocycles. The molecule has 3 rings (SSSR count). The van der Waals surface area contributed by atoms with Crippen molar-refractivity contribution in [3.63, 3.8) is 0 Å². The Bertz CT molecular complexity index is 705. The number of benzene rings is 1. The van der Waals surface area contributed by atoms with Crippen molar-refractivity contribution in [1.82, 2.24) is 15.3 Å². The zero-order valence-corrected chi connectivity index (χ0v) is 12.9. The van der Waals surface area contributed by atoms with E-state index in [1.165, 1.54) is 6.33 Å². The molecule has 124 valence electrons. The first kappa shape index (κ1) is 15.7. The smallest absolute Gasteiger partial charge is 0.338 e. The minimum absolute atomic E-state index is 0.124. The molecule has 0 spiro atoms. The van der Waals surface area contributed by atoms with E-state index in [0.29, 0.717) is 31.0 Å². The fourth-order valence-corrected chi connectivity index (χ4v) is 2.30. The lowest BCUT2D eigenvalue weighted by Crippen LogP contribution is -2.27. The van der Waals surface area contributed by atoms with Gasteiger partial charge in [-0.25, -0.2) is 19.6 Å². The van der Waals surface area contributed by atoms with Gasteiger partial charge in [-0.05, 0) is 30.3 Å². The van der Waals surface area contributed by atoms with E-state index in [1.807, 2.05) is 0 Å². The van der Waals surface area contributed by atoms with Gasteiger partial charge < -0.3 is 15.4 Å². The number of aromatic nitrogens is 2. The summed E-state index contributed by atoms with van der Waals surface area (Å²) in [7, 11) is 0. The van der Waals surface area contributed by atoms with E-state index < -0.39 is 5.97 Å². The fourth-order valence-electron chi connectivity index (χ4n) is 2.30. The summed E-state index contributed by atoms with van der Waals surface area (Å²) in [5, 5.41) is 5.76. The van der Waals surface area contributed by atoms with Gasteiger partial charge in [-0.3, -0.25) is 4.90 Å². The zero-order chi connectivity index (χ0) is 16.8. The molecule has 0 bridgehead atoms.